The van der Waals surface area contributed by atoms with Crippen LogP contribution in [0.5, 0.6) is 0 Å². The molecule has 2 rings (SSSR count). The van der Waals surface area contributed by atoms with Crippen LogP contribution in [0.25, 0.3) is 5.69 Å². The van der Waals surface area contributed by atoms with Crippen molar-refractivity contribution in [2.45, 2.75) is 0 Å². The molecule has 6 heteroatoms. The molecule has 0 atom stereocenters. The lowest BCUT2D eigenvalue weighted by molar-refractivity contribution is 0.0695. The molecule has 4 nitrogen and oxygen atoms in total. The van der Waals surface area contributed by atoms with Gasteiger partial charge in [0.1, 0.15) is 15.1 Å². The Kier molecular flexibility index (Phi) is 2.90. The summed E-state index contributed by atoms with van der Waals surface area (Å²) in [7, 11) is 0. The molecule has 0 saturated carbocycles. The Morgan fingerprint density at radius 3 is 2.50 bits per heavy atom. The molecule has 2 aromatic rings. The Morgan fingerprint density at radius 1 is 1.38 bits per heavy atom. The second kappa shape index (κ2) is 4.20. The highest BCUT2D eigenvalue weighted by atomic mass is 127. The summed E-state index contributed by atoms with van der Waals surface area (Å²) in [4.78, 5) is 10.8. The number of aromatic carboxylic acids is 1. The third-order valence-corrected chi connectivity index (χ3v) is 3.05. The number of carboxylic acids is 1. The predicted octanol–water partition coefficient (Wildman–Crippen LogP) is 2.31. The molecule has 0 spiro atoms. The van der Waals surface area contributed by atoms with E-state index in [-0.39, 0.29) is 11.4 Å². The van der Waals surface area contributed by atoms with Crippen molar-refractivity contribution in [2.24, 2.45) is 0 Å². The molecule has 1 aromatic heterocycles. The molecule has 0 amide bonds. The van der Waals surface area contributed by atoms with Crippen LogP contribution in [0.3, 0.4) is 0 Å². The van der Waals surface area contributed by atoms with Gasteiger partial charge in [0.25, 0.3) is 0 Å². The van der Waals surface area contributed by atoms with Gasteiger partial charge in [-0.2, -0.15) is 5.10 Å². The van der Waals surface area contributed by atoms with Gasteiger partial charge in [-0.1, -0.05) is 0 Å². The van der Waals surface area contributed by atoms with E-state index in [9.17, 15) is 9.18 Å². The second-order valence-corrected chi connectivity index (χ2v) is 4.06. The van der Waals surface area contributed by atoms with Crippen molar-refractivity contribution in [3.63, 3.8) is 0 Å². The Bertz CT molecular complexity index is 536. The van der Waals surface area contributed by atoms with Crippen LogP contribution in [0.4, 0.5) is 4.39 Å². The number of aromatic nitrogens is 2. The lowest BCUT2D eigenvalue weighted by atomic mass is 10.3. The third kappa shape index (κ3) is 1.92. The molecule has 0 aliphatic carbocycles. The normalized spacial score (nSPS) is 10.4. The summed E-state index contributed by atoms with van der Waals surface area (Å²) < 4.78 is 14.6. The van der Waals surface area contributed by atoms with Crippen LogP contribution in [-0.2, 0) is 0 Å². The standard InChI is InChI=1S/C10H6FIN2O2/c11-6-1-3-7(4-2-6)14-9(12)8(5-13-14)10(15)16/h1-5H,(H,15,16). The highest BCUT2D eigenvalue weighted by Crippen LogP contribution is 2.17. The largest absolute Gasteiger partial charge is 0.478 e. The fourth-order valence-electron chi connectivity index (χ4n) is 1.24. The van der Waals surface area contributed by atoms with E-state index >= 15 is 0 Å². The van der Waals surface area contributed by atoms with E-state index in [4.69, 9.17) is 5.11 Å². The Hall–Kier alpha value is -1.44. The van der Waals surface area contributed by atoms with Crippen LogP contribution < -0.4 is 0 Å². The van der Waals surface area contributed by atoms with Crippen LogP contribution in [-0.4, -0.2) is 20.9 Å². The number of carboxylic acid groups (broad SMARTS) is 1. The number of hydrogen-bond acceptors (Lipinski definition) is 2. The van der Waals surface area contributed by atoms with Gasteiger partial charge in [0, 0.05) is 0 Å². The van der Waals surface area contributed by atoms with E-state index in [2.05, 4.69) is 5.10 Å². The molecule has 82 valence electrons. The van der Waals surface area contributed by atoms with E-state index < -0.39 is 5.97 Å². The van der Waals surface area contributed by atoms with Crippen molar-refractivity contribution in [2.75, 3.05) is 0 Å². The highest BCUT2D eigenvalue weighted by Gasteiger charge is 2.14. The number of halogens is 2. The average Bonchev–Trinajstić information content (AvgIpc) is 2.61. The number of carbonyl (C=O) groups is 1. The lowest BCUT2D eigenvalue weighted by Gasteiger charge is -2.02. The van der Waals surface area contributed by atoms with Gasteiger partial charge in [-0.25, -0.2) is 13.9 Å². The average molecular weight is 332 g/mol. The summed E-state index contributed by atoms with van der Waals surface area (Å²) in [5, 5.41) is 12.8. The molecule has 0 saturated heterocycles. The van der Waals surface area contributed by atoms with Gasteiger partial charge in [-0.3, -0.25) is 0 Å². The molecule has 0 fully saturated rings. The van der Waals surface area contributed by atoms with E-state index in [0.29, 0.717) is 9.39 Å². The molecule has 0 bridgehead atoms. The van der Waals surface area contributed by atoms with Crippen LogP contribution in [0, 0.1) is 9.52 Å². The quantitative estimate of drug-likeness (QED) is 0.859. The van der Waals surface area contributed by atoms with Gasteiger partial charge in [-0.15, -0.1) is 0 Å². The van der Waals surface area contributed by atoms with Crippen molar-refractivity contribution in [1.29, 1.82) is 0 Å². The topological polar surface area (TPSA) is 55.1 Å². The molecular formula is C10H6FIN2O2. The molecule has 1 heterocycles. The molecule has 16 heavy (non-hydrogen) atoms. The first-order valence-corrected chi connectivity index (χ1v) is 5.40. The lowest BCUT2D eigenvalue weighted by Crippen LogP contribution is -2.02. The Balaban J connectivity index is 2.49. The maximum atomic E-state index is 12.7. The van der Waals surface area contributed by atoms with Crippen molar-refractivity contribution in [1.82, 2.24) is 9.78 Å². The zero-order valence-electron chi connectivity index (χ0n) is 7.89. The van der Waals surface area contributed by atoms with E-state index in [1.54, 1.807) is 0 Å². The molecule has 0 radical (unpaired) electrons. The van der Waals surface area contributed by atoms with Gasteiger partial charge < -0.3 is 5.11 Å². The predicted molar refractivity (Wildman–Crippen MR) is 63.2 cm³/mol. The molecular weight excluding hydrogens is 326 g/mol. The zero-order chi connectivity index (χ0) is 11.7. The van der Waals surface area contributed by atoms with E-state index in [1.807, 2.05) is 22.6 Å². The maximum absolute atomic E-state index is 12.7. The van der Waals surface area contributed by atoms with Gasteiger partial charge in [0.2, 0.25) is 0 Å². The van der Waals surface area contributed by atoms with Crippen molar-refractivity contribution in [3.8, 4) is 5.69 Å². The summed E-state index contributed by atoms with van der Waals surface area (Å²) in [6.07, 6.45) is 1.27. The molecule has 1 N–H and O–H groups in total. The fourth-order valence-corrected chi connectivity index (χ4v) is 2.01. The number of nitrogens with zero attached hydrogens (tertiary/aromatic N) is 2. The Labute approximate surface area is 104 Å². The summed E-state index contributed by atoms with van der Waals surface area (Å²) in [5.41, 5.74) is 0.753. The number of rotatable bonds is 2. The summed E-state index contributed by atoms with van der Waals surface area (Å²) in [6, 6.07) is 5.67. The zero-order valence-corrected chi connectivity index (χ0v) is 10.1. The third-order valence-electron chi connectivity index (χ3n) is 2.01. The summed E-state index contributed by atoms with van der Waals surface area (Å²) in [6.45, 7) is 0. The molecule has 0 unspecified atom stereocenters. The minimum absolute atomic E-state index is 0.130. The minimum Gasteiger partial charge on any atom is -0.478 e. The first-order valence-electron chi connectivity index (χ1n) is 4.32. The highest BCUT2D eigenvalue weighted by molar-refractivity contribution is 14.1. The van der Waals surface area contributed by atoms with Crippen molar-refractivity contribution in [3.05, 3.63) is 45.5 Å². The first-order chi connectivity index (χ1) is 7.59. The van der Waals surface area contributed by atoms with Crippen LogP contribution in [0.1, 0.15) is 10.4 Å². The maximum Gasteiger partial charge on any atom is 0.340 e. The molecule has 0 aliphatic rings. The van der Waals surface area contributed by atoms with Crippen LogP contribution in [0.2, 0.25) is 0 Å². The number of benzene rings is 1. The summed E-state index contributed by atoms with van der Waals surface area (Å²) >= 11 is 1.89. The van der Waals surface area contributed by atoms with Crippen molar-refractivity contribution < 1.29 is 14.3 Å². The van der Waals surface area contributed by atoms with E-state index in [1.165, 1.54) is 35.1 Å². The Morgan fingerprint density at radius 2 is 2.00 bits per heavy atom. The van der Waals surface area contributed by atoms with Gasteiger partial charge in [0.05, 0.1) is 11.9 Å². The first kappa shape index (κ1) is 11.1. The van der Waals surface area contributed by atoms with E-state index in [0.717, 1.165) is 0 Å². The van der Waals surface area contributed by atoms with Gasteiger partial charge in [0.15, 0.2) is 0 Å². The molecule has 0 aliphatic heterocycles. The number of hydrogen-bond donors (Lipinski definition) is 1. The van der Waals surface area contributed by atoms with Gasteiger partial charge >= 0.3 is 5.97 Å². The second-order valence-electron chi connectivity index (χ2n) is 3.04. The van der Waals surface area contributed by atoms with Gasteiger partial charge in [-0.05, 0) is 46.9 Å². The molecule has 1 aromatic carbocycles. The monoisotopic (exact) mass is 332 g/mol. The van der Waals surface area contributed by atoms with Crippen LogP contribution in [0.15, 0.2) is 30.5 Å². The smallest absolute Gasteiger partial charge is 0.340 e. The SMILES string of the molecule is O=C(O)c1cnn(-c2ccc(F)cc2)c1I. The van der Waals surface area contributed by atoms with Crippen molar-refractivity contribution >= 4 is 28.6 Å². The fraction of sp³-hybridized carbons (Fsp3) is 0. The van der Waals surface area contributed by atoms with Crippen LogP contribution >= 0.6 is 22.6 Å². The minimum atomic E-state index is -1.03. The summed E-state index contributed by atoms with van der Waals surface area (Å²) in [5.74, 6) is -1.37.